The molecule has 0 bridgehead atoms. The predicted octanol–water partition coefficient (Wildman–Crippen LogP) is 9.38. The molecule has 7 rings (SSSR count). The van der Waals surface area contributed by atoms with Crippen LogP contribution in [0, 0.1) is 26.0 Å². The van der Waals surface area contributed by atoms with Crippen LogP contribution in [0.5, 0.6) is 11.5 Å². The van der Waals surface area contributed by atoms with E-state index in [9.17, 15) is 0 Å². The van der Waals surface area contributed by atoms with Gasteiger partial charge < -0.3 is 9.30 Å². The zero-order valence-corrected chi connectivity index (χ0v) is 27.2. The molecule has 0 aliphatic carbocycles. The minimum absolute atomic E-state index is 0. The molecule has 3 aromatic heterocycles. The van der Waals surface area contributed by atoms with Crippen molar-refractivity contribution in [1.82, 2.24) is 19.3 Å². The zero-order valence-electron chi connectivity index (χ0n) is 24.9. The number of nitrogens with zero attached hydrogens (tertiary/aromatic N) is 4. The molecule has 0 spiro atoms. The first kappa shape index (κ1) is 29.6. The average Bonchev–Trinajstić information content (AvgIpc) is 3.54. The van der Waals surface area contributed by atoms with E-state index in [1.165, 1.54) is 16.8 Å². The summed E-state index contributed by atoms with van der Waals surface area (Å²) < 4.78 is 10.6. The molecule has 220 valence electrons. The van der Waals surface area contributed by atoms with Crippen LogP contribution in [0.15, 0.2) is 103 Å². The van der Waals surface area contributed by atoms with Crippen molar-refractivity contribution in [2.24, 2.45) is 0 Å². The summed E-state index contributed by atoms with van der Waals surface area (Å²) in [5, 5.41) is 7.24. The first-order valence-electron chi connectivity index (χ1n) is 14.8. The van der Waals surface area contributed by atoms with Gasteiger partial charge in [0.1, 0.15) is 5.82 Å². The molecule has 0 aliphatic rings. The topological polar surface area (TPSA) is 44.9 Å². The second kappa shape index (κ2) is 12.6. The Morgan fingerprint density at radius 1 is 0.795 bits per heavy atom. The van der Waals surface area contributed by atoms with Crippen molar-refractivity contribution in [3.63, 3.8) is 0 Å². The number of aromatic nitrogens is 4. The van der Waals surface area contributed by atoms with Crippen molar-refractivity contribution in [1.29, 1.82) is 0 Å². The number of fused-ring (bicyclic) bond motifs is 3. The second-order valence-corrected chi connectivity index (χ2v) is 10.9. The summed E-state index contributed by atoms with van der Waals surface area (Å²) in [5.41, 5.74) is 8.60. The minimum Gasteiger partial charge on any atom is -0.509 e. The van der Waals surface area contributed by atoms with Crippen LogP contribution in [0.4, 0.5) is 0 Å². The van der Waals surface area contributed by atoms with Gasteiger partial charge >= 0.3 is 21.1 Å². The Morgan fingerprint density at radius 3 is 2.41 bits per heavy atom. The molecule has 6 heteroatoms. The Morgan fingerprint density at radius 2 is 1.59 bits per heavy atom. The summed E-state index contributed by atoms with van der Waals surface area (Å²) in [7, 11) is 0. The fourth-order valence-corrected chi connectivity index (χ4v) is 5.88. The number of ether oxygens (including phenoxy) is 1. The molecule has 0 radical (unpaired) electrons. The van der Waals surface area contributed by atoms with Crippen LogP contribution >= 0.6 is 0 Å². The molecule has 0 N–H and O–H groups in total. The molecule has 0 aliphatic heterocycles. The minimum atomic E-state index is 0. The molecule has 0 atom stereocenters. The number of hydrogen-bond donors (Lipinski definition) is 0. The van der Waals surface area contributed by atoms with Gasteiger partial charge in [-0.2, -0.15) is 17.2 Å². The molecule has 5 nitrogen and oxygen atoms in total. The van der Waals surface area contributed by atoms with E-state index < -0.39 is 0 Å². The first-order chi connectivity index (χ1) is 21.1. The van der Waals surface area contributed by atoms with E-state index in [1.54, 1.807) is 0 Å². The summed E-state index contributed by atoms with van der Waals surface area (Å²) in [6, 6.07) is 40.1. The van der Waals surface area contributed by atoms with Crippen molar-refractivity contribution < 1.29 is 25.8 Å². The van der Waals surface area contributed by atoms with Crippen molar-refractivity contribution in [2.45, 2.75) is 40.0 Å². The molecule has 0 fully saturated rings. The molecule has 4 aromatic carbocycles. The number of benzene rings is 4. The summed E-state index contributed by atoms with van der Waals surface area (Å²) in [5.74, 6) is 2.08. The van der Waals surface area contributed by atoms with Gasteiger partial charge in [-0.15, -0.1) is 35.7 Å². The third-order valence-corrected chi connectivity index (χ3v) is 7.87. The molecule has 7 aromatic rings. The SMILES string of the molecule is CCCCc1c(-c2ccccc2)c(C)nn1-c1[c-]c(Oc2[c-]c3c(cc2)c2ccccc2n3-c2cc(C)ccn2)ccc1.[Pt+2]. The van der Waals surface area contributed by atoms with Gasteiger partial charge in [0, 0.05) is 34.5 Å². The van der Waals surface area contributed by atoms with Crippen molar-refractivity contribution in [3.8, 4) is 34.1 Å². The predicted molar refractivity (Wildman–Crippen MR) is 173 cm³/mol. The van der Waals surface area contributed by atoms with Gasteiger partial charge in [0.2, 0.25) is 0 Å². The number of unbranched alkanes of at least 4 members (excludes halogenated alkanes) is 1. The number of aryl methyl sites for hydroxylation is 2. The van der Waals surface area contributed by atoms with Crippen molar-refractivity contribution in [2.75, 3.05) is 0 Å². The average molecular weight is 756 g/mol. The van der Waals surface area contributed by atoms with E-state index in [0.717, 1.165) is 63.8 Å². The van der Waals surface area contributed by atoms with Crippen LogP contribution in [0.2, 0.25) is 0 Å². The largest absolute Gasteiger partial charge is 2.00 e. The van der Waals surface area contributed by atoms with E-state index >= 15 is 0 Å². The third kappa shape index (κ3) is 5.49. The van der Waals surface area contributed by atoms with Crippen LogP contribution < -0.4 is 4.74 Å². The molecule has 44 heavy (non-hydrogen) atoms. The summed E-state index contributed by atoms with van der Waals surface area (Å²) in [6.45, 7) is 6.39. The van der Waals surface area contributed by atoms with Crippen LogP contribution in [-0.4, -0.2) is 19.3 Å². The van der Waals surface area contributed by atoms with E-state index in [-0.39, 0.29) is 21.1 Å². The molecular weight excluding hydrogens is 724 g/mol. The van der Waals surface area contributed by atoms with E-state index in [2.05, 4.69) is 109 Å². The van der Waals surface area contributed by atoms with Gasteiger partial charge in [0.25, 0.3) is 0 Å². The second-order valence-electron chi connectivity index (χ2n) is 10.9. The Hall–Kier alpha value is -4.47. The van der Waals surface area contributed by atoms with Gasteiger partial charge in [-0.25, -0.2) is 4.98 Å². The monoisotopic (exact) mass is 755 g/mol. The summed E-state index contributed by atoms with van der Waals surface area (Å²) in [4.78, 5) is 4.69. The molecule has 0 saturated heterocycles. The molecule has 3 heterocycles. The van der Waals surface area contributed by atoms with Gasteiger partial charge in [-0.05, 0) is 67.1 Å². The smallest absolute Gasteiger partial charge is 0.509 e. The van der Waals surface area contributed by atoms with Crippen molar-refractivity contribution in [3.05, 3.63) is 132 Å². The van der Waals surface area contributed by atoms with Crippen molar-refractivity contribution >= 4 is 21.8 Å². The molecule has 0 saturated carbocycles. The maximum absolute atomic E-state index is 6.42. The number of hydrogen-bond acceptors (Lipinski definition) is 3. The number of para-hydroxylation sites is 1. The molecular formula is C38H32N4OPt. The standard InChI is InChI=1S/C38H32N4O.Pt/c1-4-5-17-35-38(28-12-7-6-8-13-28)27(3)40-42(35)29-14-11-15-30(24-29)43-31-19-20-33-32-16-9-10-18-34(32)41(36(33)25-31)37-23-26(2)21-22-39-37;/h6-16,18-23H,4-5,17H2,1-3H3;/q-2;+2. The Balaban J connectivity index is 0.00000343. The Kier molecular flexibility index (Phi) is 8.50. The maximum atomic E-state index is 6.42. The summed E-state index contributed by atoms with van der Waals surface area (Å²) in [6.07, 6.45) is 4.97. The van der Waals surface area contributed by atoms with Gasteiger partial charge in [-0.1, -0.05) is 67.4 Å². The van der Waals surface area contributed by atoms with Gasteiger partial charge in [0.05, 0.1) is 5.69 Å². The Bertz CT molecular complexity index is 2080. The quantitative estimate of drug-likeness (QED) is 0.145. The third-order valence-electron chi connectivity index (χ3n) is 7.87. The van der Waals surface area contributed by atoms with E-state index in [1.807, 2.05) is 41.2 Å². The normalized spacial score (nSPS) is 11.2. The van der Waals surface area contributed by atoms with E-state index in [4.69, 9.17) is 9.84 Å². The van der Waals surface area contributed by atoms with Gasteiger partial charge in [-0.3, -0.25) is 4.68 Å². The molecule has 0 unspecified atom stereocenters. The fourth-order valence-electron chi connectivity index (χ4n) is 5.88. The van der Waals surface area contributed by atoms with Crippen LogP contribution in [0.25, 0.3) is 44.4 Å². The van der Waals surface area contributed by atoms with Crippen LogP contribution in [0.3, 0.4) is 0 Å². The fraction of sp³-hybridized carbons (Fsp3) is 0.158. The van der Waals surface area contributed by atoms with Gasteiger partial charge in [0.15, 0.2) is 0 Å². The maximum Gasteiger partial charge on any atom is 2.00 e. The molecule has 0 amide bonds. The van der Waals surface area contributed by atoms with Crippen LogP contribution in [0.1, 0.15) is 36.7 Å². The first-order valence-corrected chi connectivity index (χ1v) is 14.8. The number of pyridine rings is 1. The number of rotatable bonds is 8. The summed E-state index contributed by atoms with van der Waals surface area (Å²) >= 11 is 0. The Labute approximate surface area is 272 Å². The van der Waals surface area contributed by atoms with E-state index in [0.29, 0.717) is 11.5 Å². The van der Waals surface area contributed by atoms with Crippen LogP contribution in [-0.2, 0) is 27.5 Å². The zero-order chi connectivity index (χ0) is 29.3.